The molecule has 1 aromatic rings. The van der Waals surface area contributed by atoms with Crippen LogP contribution in [0.3, 0.4) is 0 Å². The van der Waals surface area contributed by atoms with Crippen molar-refractivity contribution in [3.63, 3.8) is 0 Å². The summed E-state index contributed by atoms with van der Waals surface area (Å²) in [5, 5.41) is 9.19. The molecule has 0 atom stereocenters. The molecule has 1 aliphatic rings. The van der Waals surface area contributed by atoms with Gasteiger partial charge in [0.15, 0.2) is 0 Å². The lowest BCUT2D eigenvalue weighted by molar-refractivity contribution is -0.138. The van der Waals surface area contributed by atoms with Crippen molar-refractivity contribution in [1.82, 2.24) is 4.90 Å². The molecule has 0 saturated carbocycles. The summed E-state index contributed by atoms with van der Waals surface area (Å²) in [5.74, 6) is -0.884. The molecule has 1 heterocycles. The highest BCUT2D eigenvalue weighted by atomic mass is 32.2. The van der Waals surface area contributed by atoms with Gasteiger partial charge in [-0.15, -0.1) is 11.8 Å². The number of nitrogen functional groups attached to an aromatic ring is 1. The molecule has 0 bridgehead atoms. The molecule has 6 nitrogen and oxygen atoms in total. The highest BCUT2D eigenvalue weighted by Crippen LogP contribution is 2.43. The van der Waals surface area contributed by atoms with Gasteiger partial charge in [0.2, 0.25) is 0 Å². The Morgan fingerprint density at radius 3 is 2.57 bits per heavy atom. The molecule has 0 aromatic heterocycles. The van der Waals surface area contributed by atoms with Crippen molar-refractivity contribution >= 4 is 29.5 Å². The number of carboxylic acid groups (broad SMARTS) is 1. The third-order valence-electron chi connectivity index (χ3n) is 3.28. The van der Waals surface area contributed by atoms with Crippen molar-refractivity contribution in [1.29, 1.82) is 0 Å². The zero-order chi connectivity index (χ0) is 17.3. The maximum atomic E-state index is 12.0. The standard InChI is InChI=1S/C16H22N2O4S/c1-15(2,3)22-14(21)18-9-16(10-18,8-13(19)20)23-12-6-4-5-11(17)7-12/h4-7H,8-10,17H2,1-3H3,(H,19,20). The number of ether oxygens (including phenoxy) is 1. The summed E-state index contributed by atoms with van der Waals surface area (Å²) in [7, 11) is 0. The van der Waals surface area contributed by atoms with E-state index in [1.807, 2.05) is 18.2 Å². The summed E-state index contributed by atoms with van der Waals surface area (Å²) in [6.45, 7) is 6.09. The second-order valence-corrected chi connectivity index (χ2v) is 8.31. The third-order valence-corrected chi connectivity index (χ3v) is 4.60. The first-order chi connectivity index (χ1) is 10.6. The van der Waals surface area contributed by atoms with Crippen LogP contribution in [0.4, 0.5) is 10.5 Å². The Morgan fingerprint density at radius 1 is 1.39 bits per heavy atom. The average molecular weight is 338 g/mol. The summed E-state index contributed by atoms with van der Waals surface area (Å²) in [6, 6.07) is 7.31. The van der Waals surface area contributed by atoms with Gasteiger partial charge in [0.1, 0.15) is 5.60 Å². The fourth-order valence-corrected chi connectivity index (χ4v) is 3.90. The summed E-state index contributed by atoms with van der Waals surface area (Å²) in [4.78, 5) is 25.7. The number of aliphatic carboxylic acids is 1. The molecule has 1 amide bonds. The van der Waals surface area contributed by atoms with Gasteiger partial charge in [0, 0.05) is 23.7 Å². The highest BCUT2D eigenvalue weighted by molar-refractivity contribution is 8.00. The number of hydrogen-bond acceptors (Lipinski definition) is 5. The molecular weight excluding hydrogens is 316 g/mol. The number of carbonyl (C=O) groups excluding carboxylic acids is 1. The number of benzene rings is 1. The van der Waals surface area contributed by atoms with Gasteiger partial charge in [-0.2, -0.15) is 0 Å². The first-order valence-electron chi connectivity index (χ1n) is 7.33. The molecule has 1 fully saturated rings. The molecule has 2 rings (SSSR count). The Balaban J connectivity index is 2.06. The van der Waals surface area contributed by atoms with E-state index in [4.69, 9.17) is 10.5 Å². The second kappa shape index (κ2) is 6.31. The van der Waals surface area contributed by atoms with Crippen LogP contribution in [0, 0.1) is 0 Å². The molecule has 0 unspecified atom stereocenters. The van der Waals surface area contributed by atoms with Crippen molar-refractivity contribution in [3.8, 4) is 0 Å². The summed E-state index contributed by atoms with van der Waals surface area (Å²) in [5.41, 5.74) is 5.83. The van der Waals surface area contributed by atoms with Crippen LogP contribution in [0.1, 0.15) is 27.2 Å². The van der Waals surface area contributed by atoms with Gasteiger partial charge in [-0.1, -0.05) is 6.07 Å². The van der Waals surface area contributed by atoms with E-state index in [2.05, 4.69) is 0 Å². The third kappa shape index (κ3) is 4.79. The van der Waals surface area contributed by atoms with Crippen LogP contribution >= 0.6 is 11.8 Å². The summed E-state index contributed by atoms with van der Waals surface area (Å²) >= 11 is 1.45. The normalized spacial score (nSPS) is 16.6. The molecule has 7 heteroatoms. The number of rotatable bonds is 4. The lowest BCUT2D eigenvalue weighted by Gasteiger charge is -2.48. The Labute approximate surface area is 140 Å². The summed E-state index contributed by atoms with van der Waals surface area (Å²) < 4.78 is 4.77. The minimum Gasteiger partial charge on any atom is -0.481 e. The Bertz CT molecular complexity index is 606. The Kier molecular flexibility index (Phi) is 4.79. The van der Waals surface area contributed by atoms with Crippen LogP contribution < -0.4 is 5.73 Å². The molecule has 1 aliphatic heterocycles. The van der Waals surface area contributed by atoms with Crippen molar-refractivity contribution in [2.24, 2.45) is 0 Å². The van der Waals surface area contributed by atoms with Crippen LogP contribution in [0.15, 0.2) is 29.2 Å². The van der Waals surface area contributed by atoms with Crippen LogP contribution in [0.25, 0.3) is 0 Å². The largest absolute Gasteiger partial charge is 0.481 e. The topological polar surface area (TPSA) is 92.9 Å². The van der Waals surface area contributed by atoms with Crippen molar-refractivity contribution < 1.29 is 19.4 Å². The van der Waals surface area contributed by atoms with Gasteiger partial charge in [-0.05, 0) is 39.0 Å². The van der Waals surface area contributed by atoms with E-state index in [0.717, 1.165) is 4.90 Å². The molecule has 1 aromatic carbocycles. The maximum absolute atomic E-state index is 12.0. The van der Waals surface area contributed by atoms with E-state index in [1.54, 1.807) is 26.8 Å². The predicted octanol–water partition coefficient (Wildman–Crippen LogP) is 2.83. The van der Waals surface area contributed by atoms with Crippen LogP contribution in [0.2, 0.25) is 0 Å². The molecular formula is C16H22N2O4S. The average Bonchev–Trinajstić information content (AvgIpc) is 2.32. The zero-order valence-electron chi connectivity index (χ0n) is 13.5. The molecule has 1 saturated heterocycles. The van der Waals surface area contributed by atoms with Crippen molar-refractivity contribution in [2.75, 3.05) is 18.8 Å². The SMILES string of the molecule is CC(C)(C)OC(=O)N1CC(CC(=O)O)(Sc2cccc(N)c2)C1. The molecule has 3 N–H and O–H groups in total. The zero-order valence-corrected chi connectivity index (χ0v) is 14.4. The van der Waals surface area contributed by atoms with Crippen LogP contribution in [-0.2, 0) is 9.53 Å². The Morgan fingerprint density at radius 2 is 2.04 bits per heavy atom. The fourth-order valence-electron chi connectivity index (χ4n) is 2.42. The van der Waals surface area contributed by atoms with Crippen LogP contribution in [0.5, 0.6) is 0 Å². The summed E-state index contributed by atoms with van der Waals surface area (Å²) in [6.07, 6.45) is -0.433. The van der Waals surface area contributed by atoms with Gasteiger partial charge in [-0.25, -0.2) is 4.79 Å². The van der Waals surface area contributed by atoms with Gasteiger partial charge >= 0.3 is 12.1 Å². The fraction of sp³-hybridized carbons (Fsp3) is 0.500. The lowest BCUT2D eigenvalue weighted by Crippen LogP contribution is -2.62. The lowest BCUT2D eigenvalue weighted by atomic mass is 9.95. The van der Waals surface area contributed by atoms with E-state index in [1.165, 1.54) is 16.7 Å². The van der Waals surface area contributed by atoms with Crippen molar-refractivity contribution in [3.05, 3.63) is 24.3 Å². The number of thioether (sulfide) groups is 1. The number of nitrogens with two attached hydrogens (primary N) is 1. The van der Waals surface area contributed by atoms with Crippen LogP contribution in [-0.4, -0.2) is 45.5 Å². The molecule has 126 valence electrons. The maximum Gasteiger partial charge on any atom is 0.410 e. The number of hydrogen-bond donors (Lipinski definition) is 2. The molecule has 0 radical (unpaired) electrons. The van der Waals surface area contributed by atoms with Gasteiger partial charge in [0.25, 0.3) is 0 Å². The number of carbonyl (C=O) groups is 2. The minimum atomic E-state index is -0.884. The second-order valence-electron chi connectivity index (χ2n) is 6.76. The number of amides is 1. The van der Waals surface area contributed by atoms with E-state index in [0.29, 0.717) is 18.8 Å². The first kappa shape index (κ1) is 17.5. The predicted molar refractivity (Wildman–Crippen MR) is 89.5 cm³/mol. The number of nitrogens with zero attached hydrogens (tertiary/aromatic N) is 1. The number of likely N-dealkylation sites (tertiary alicyclic amines) is 1. The van der Waals surface area contributed by atoms with Gasteiger partial charge < -0.3 is 20.5 Å². The van der Waals surface area contributed by atoms with Crippen molar-refractivity contribution in [2.45, 2.75) is 42.4 Å². The highest BCUT2D eigenvalue weighted by Gasteiger charge is 2.48. The van der Waals surface area contributed by atoms with E-state index >= 15 is 0 Å². The number of carboxylic acids is 1. The molecule has 0 spiro atoms. The molecule has 0 aliphatic carbocycles. The quantitative estimate of drug-likeness (QED) is 0.820. The number of anilines is 1. The first-order valence-corrected chi connectivity index (χ1v) is 8.15. The van der Waals surface area contributed by atoms with E-state index in [9.17, 15) is 14.7 Å². The van der Waals surface area contributed by atoms with E-state index in [-0.39, 0.29) is 6.42 Å². The monoisotopic (exact) mass is 338 g/mol. The minimum absolute atomic E-state index is 0.0221. The van der Waals surface area contributed by atoms with E-state index < -0.39 is 22.4 Å². The van der Waals surface area contributed by atoms with Gasteiger partial charge in [-0.3, -0.25) is 4.79 Å². The smallest absolute Gasteiger partial charge is 0.410 e. The van der Waals surface area contributed by atoms with Gasteiger partial charge in [0.05, 0.1) is 11.2 Å². The Hall–Kier alpha value is -1.89. The molecule has 23 heavy (non-hydrogen) atoms.